The van der Waals surface area contributed by atoms with Crippen molar-refractivity contribution in [3.05, 3.63) is 53.1 Å². The van der Waals surface area contributed by atoms with Crippen LogP contribution in [0.1, 0.15) is 10.4 Å². The molecule has 2 aromatic rings. The number of methoxy groups -OCH3 is 1. The number of halogens is 1. The predicted octanol–water partition coefficient (Wildman–Crippen LogP) is 3.66. The molecule has 1 aliphatic heterocycles. The van der Waals surface area contributed by atoms with E-state index in [0.29, 0.717) is 23.7 Å². The van der Waals surface area contributed by atoms with Gasteiger partial charge in [0.2, 0.25) is 0 Å². The third-order valence-corrected chi connectivity index (χ3v) is 3.63. The number of carbonyl (C=O) groups is 1. The molecular formula is C16H14ClNO3. The second kappa shape index (κ2) is 5.66. The third kappa shape index (κ3) is 2.67. The summed E-state index contributed by atoms with van der Waals surface area (Å²) in [6, 6.07) is 12.9. The lowest BCUT2D eigenvalue weighted by atomic mass is 10.1. The number of ether oxygens (including phenoxy) is 2. The summed E-state index contributed by atoms with van der Waals surface area (Å²) in [4.78, 5) is 13.8. The van der Waals surface area contributed by atoms with Crippen LogP contribution < -0.4 is 9.64 Å². The Hall–Kier alpha value is -2.20. The van der Waals surface area contributed by atoms with Crippen LogP contribution in [0.5, 0.6) is 5.75 Å². The summed E-state index contributed by atoms with van der Waals surface area (Å²) in [6.07, 6.45) is 0. The van der Waals surface area contributed by atoms with E-state index in [1.54, 1.807) is 18.2 Å². The minimum Gasteiger partial charge on any atom is -0.490 e. The molecular weight excluding hydrogens is 290 g/mol. The Balaban J connectivity index is 2.03. The van der Waals surface area contributed by atoms with E-state index in [2.05, 4.69) is 4.90 Å². The van der Waals surface area contributed by atoms with Gasteiger partial charge in [-0.05, 0) is 42.5 Å². The maximum absolute atomic E-state index is 11.7. The molecule has 0 fully saturated rings. The highest BCUT2D eigenvalue weighted by Crippen LogP contribution is 2.37. The van der Waals surface area contributed by atoms with E-state index in [1.807, 2.05) is 24.3 Å². The van der Waals surface area contributed by atoms with Gasteiger partial charge in [-0.1, -0.05) is 11.6 Å². The number of hydrogen-bond acceptors (Lipinski definition) is 4. The van der Waals surface area contributed by atoms with Gasteiger partial charge < -0.3 is 14.4 Å². The summed E-state index contributed by atoms with van der Waals surface area (Å²) in [5.41, 5.74) is 2.36. The first-order valence-corrected chi connectivity index (χ1v) is 6.95. The normalized spacial score (nSPS) is 13.3. The second-order valence-corrected chi connectivity index (χ2v) is 5.09. The quantitative estimate of drug-likeness (QED) is 0.794. The van der Waals surface area contributed by atoms with Crippen molar-refractivity contribution >= 4 is 28.9 Å². The zero-order valence-electron chi connectivity index (χ0n) is 11.5. The molecule has 5 heteroatoms. The monoisotopic (exact) mass is 303 g/mol. The summed E-state index contributed by atoms with van der Waals surface area (Å²) in [5, 5.41) is 0.690. The van der Waals surface area contributed by atoms with Crippen LogP contribution in [-0.2, 0) is 4.74 Å². The van der Waals surface area contributed by atoms with Crippen LogP contribution in [0, 0.1) is 0 Å². The second-order valence-electron chi connectivity index (χ2n) is 4.65. The molecule has 0 aromatic heterocycles. The summed E-state index contributed by atoms with van der Waals surface area (Å²) in [6.45, 7) is 1.30. The molecule has 108 valence electrons. The standard InChI is InChI=1S/C16H14ClNO3/c1-20-16(19)11-2-7-15-14(10-11)18(8-9-21-15)13-5-3-12(17)4-6-13/h2-7,10H,8-9H2,1H3. The van der Waals surface area contributed by atoms with E-state index >= 15 is 0 Å². The van der Waals surface area contributed by atoms with Crippen molar-refractivity contribution in [3.63, 3.8) is 0 Å². The average molecular weight is 304 g/mol. The van der Waals surface area contributed by atoms with Gasteiger partial charge in [0.1, 0.15) is 12.4 Å². The Bertz CT molecular complexity index is 670. The van der Waals surface area contributed by atoms with Crippen molar-refractivity contribution in [1.82, 2.24) is 0 Å². The molecule has 4 nitrogen and oxygen atoms in total. The van der Waals surface area contributed by atoms with Crippen molar-refractivity contribution in [3.8, 4) is 5.75 Å². The van der Waals surface area contributed by atoms with E-state index in [0.717, 1.165) is 17.1 Å². The molecule has 0 aliphatic carbocycles. The van der Waals surface area contributed by atoms with Gasteiger partial charge in [0.25, 0.3) is 0 Å². The van der Waals surface area contributed by atoms with Gasteiger partial charge in [0.15, 0.2) is 0 Å². The number of anilines is 2. The predicted molar refractivity (Wildman–Crippen MR) is 81.7 cm³/mol. The molecule has 0 bridgehead atoms. The number of rotatable bonds is 2. The zero-order valence-corrected chi connectivity index (χ0v) is 12.3. The van der Waals surface area contributed by atoms with Crippen LogP contribution in [0.25, 0.3) is 0 Å². The lowest BCUT2D eigenvalue weighted by Crippen LogP contribution is -2.28. The average Bonchev–Trinajstić information content (AvgIpc) is 2.54. The minimum absolute atomic E-state index is 0.362. The van der Waals surface area contributed by atoms with E-state index in [-0.39, 0.29) is 5.97 Å². The smallest absolute Gasteiger partial charge is 0.337 e. The SMILES string of the molecule is COC(=O)c1ccc2c(c1)N(c1ccc(Cl)cc1)CCO2. The zero-order chi connectivity index (χ0) is 14.8. The first-order chi connectivity index (χ1) is 10.2. The van der Waals surface area contributed by atoms with Crippen LogP contribution in [0.2, 0.25) is 5.02 Å². The molecule has 3 rings (SSSR count). The summed E-state index contributed by atoms with van der Waals surface area (Å²) >= 11 is 5.93. The van der Waals surface area contributed by atoms with E-state index in [4.69, 9.17) is 21.1 Å². The molecule has 1 aliphatic rings. The Morgan fingerprint density at radius 3 is 2.71 bits per heavy atom. The van der Waals surface area contributed by atoms with E-state index in [9.17, 15) is 4.79 Å². The number of carbonyl (C=O) groups excluding carboxylic acids is 1. The molecule has 0 radical (unpaired) electrons. The molecule has 0 spiro atoms. The van der Waals surface area contributed by atoms with Crippen LogP contribution in [0.3, 0.4) is 0 Å². The Kier molecular flexibility index (Phi) is 3.71. The molecule has 1 heterocycles. The highest BCUT2D eigenvalue weighted by molar-refractivity contribution is 6.30. The fourth-order valence-electron chi connectivity index (χ4n) is 2.35. The van der Waals surface area contributed by atoms with Gasteiger partial charge >= 0.3 is 5.97 Å². The van der Waals surface area contributed by atoms with Crippen LogP contribution >= 0.6 is 11.6 Å². The maximum Gasteiger partial charge on any atom is 0.337 e. The summed E-state index contributed by atoms with van der Waals surface area (Å²) < 4.78 is 10.4. The summed E-state index contributed by atoms with van der Waals surface area (Å²) in [5.74, 6) is 0.392. The van der Waals surface area contributed by atoms with Gasteiger partial charge in [0.05, 0.1) is 24.9 Å². The molecule has 0 saturated heterocycles. The van der Waals surface area contributed by atoms with E-state index < -0.39 is 0 Å². The molecule has 0 amide bonds. The van der Waals surface area contributed by atoms with Gasteiger partial charge in [-0.15, -0.1) is 0 Å². The Labute approximate surface area is 127 Å². The van der Waals surface area contributed by atoms with Crippen molar-refractivity contribution in [2.75, 3.05) is 25.2 Å². The Morgan fingerprint density at radius 2 is 2.00 bits per heavy atom. The molecule has 0 unspecified atom stereocenters. The molecule has 2 aromatic carbocycles. The number of hydrogen-bond donors (Lipinski definition) is 0. The highest BCUT2D eigenvalue weighted by atomic mass is 35.5. The van der Waals surface area contributed by atoms with Crippen molar-refractivity contribution in [1.29, 1.82) is 0 Å². The van der Waals surface area contributed by atoms with Crippen LogP contribution in [0.4, 0.5) is 11.4 Å². The largest absolute Gasteiger partial charge is 0.490 e. The van der Waals surface area contributed by atoms with Gasteiger partial charge in [-0.25, -0.2) is 4.79 Å². The van der Waals surface area contributed by atoms with Crippen LogP contribution in [0.15, 0.2) is 42.5 Å². The van der Waals surface area contributed by atoms with Crippen molar-refractivity contribution in [2.24, 2.45) is 0 Å². The molecule has 21 heavy (non-hydrogen) atoms. The van der Waals surface area contributed by atoms with E-state index in [1.165, 1.54) is 7.11 Å². The van der Waals surface area contributed by atoms with Crippen LogP contribution in [-0.4, -0.2) is 26.2 Å². The van der Waals surface area contributed by atoms with Crippen molar-refractivity contribution < 1.29 is 14.3 Å². The van der Waals surface area contributed by atoms with Crippen molar-refractivity contribution in [2.45, 2.75) is 0 Å². The molecule has 0 N–H and O–H groups in total. The lowest BCUT2D eigenvalue weighted by Gasteiger charge is -2.31. The fraction of sp³-hybridized carbons (Fsp3) is 0.188. The van der Waals surface area contributed by atoms with Gasteiger partial charge in [-0.2, -0.15) is 0 Å². The minimum atomic E-state index is -0.362. The number of benzene rings is 2. The lowest BCUT2D eigenvalue weighted by molar-refractivity contribution is 0.0600. The number of esters is 1. The topological polar surface area (TPSA) is 38.8 Å². The van der Waals surface area contributed by atoms with Gasteiger partial charge in [-0.3, -0.25) is 0 Å². The first kappa shape index (κ1) is 13.8. The molecule has 0 atom stereocenters. The van der Waals surface area contributed by atoms with Gasteiger partial charge in [0, 0.05) is 10.7 Å². The number of nitrogens with zero attached hydrogens (tertiary/aromatic N) is 1. The number of fused-ring (bicyclic) bond motifs is 1. The first-order valence-electron chi connectivity index (χ1n) is 6.57. The fourth-order valence-corrected chi connectivity index (χ4v) is 2.48. The maximum atomic E-state index is 11.7. The Morgan fingerprint density at radius 1 is 1.24 bits per heavy atom. The molecule has 0 saturated carbocycles. The third-order valence-electron chi connectivity index (χ3n) is 3.38. The highest BCUT2D eigenvalue weighted by Gasteiger charge is 2.21. The summed E-state index contributed by atoms with van der Waals surface area (Å²) in [7, 11) is 1.37.